The molecule has 9 rings (SSSR count). The van der Waals surface area contributed by atoms with Gasteiger partial charge in [0.25, 0.3) is 0 Å². The minimum atomic E-state index is 0. The number of benzene rings is 6. The second-order valence-electron chi connectivity index (χ2n) is 12.1. The molecule has 16 heteroatoms. The first-order chi connectivity index (χ1) is 28.7. The molecule has 0 N–H and O–H groups in total. The Morgan fingerprint density at radius 2 is 0.806 bits per heavy atom. The van der Waals surface area contributed by atoms with Crippen LogP contribution in [0, 0.1) is 6.07 Å². The van der Waals surface area contributed by atoms with E-state index in [0.29, 0.717) is 5.82 Å². The Labute approximate surface area is 439 Å². The third-order valence-corrected chi connectivity index (χ3v) is 9.27. The fourth-order valence-electron chi connectivity index (χ4n) is 5.24. The molecule has 0 amide bonds. The van der Waals surface area contributed by atoms with Crippen LogP contribution in [0.2, 0.25) is 26.4 Å². The molecule has 1 aliphatic rings. The van der Waals surface area contributed by atoms with Crippen LogP contribution in [-0.4, -0.2) is 66.2 Å². The maximum Gasteiger partial charge on any atom is 2.00 e. The Kier molecular flexibility index (Phi) is 27.8. The topological polar surface area (TPSA) is 86.6 Å². The summed E-state index contributed by atoms with van der Waals surface area (Å²) in [7, 11) is 0. The van der Waals surface area contributed by atoms with Crippen molar-refractivity contribution in [3.8, 4) is 44.8 Å². The van der Waals surface area contributed by atoms with Crippen molar-refractivity contribution < 1.29 is 45.7 Å². The third-order valence-electron chi connectivity index (χ3n) is 7.94. The molecule has 0 aliphatic carbocycles. The molecule has 6 aromatic carbocycles. The van der Waals surface area contributed by atoms with Gasteiger partial charge in [0.15, 0.2) is 5.82 Å². The summed E-state index contributed by atoms with van der Waals surface area (Å²) in [6, 6.07) is 58.0. The van der Waals surface area contributed by atoms with E-state index in [0.717, 1.165) is 34.4 Å². The van der Waals surface area contributed by atoms with Crippen LogP contribution in [0.15, 0.2) is 168 Å². The van der Waals surface area contributed by atoms with Crippen LogP contribution >= 0.6 is 73.9 Å². The SMILES string of the molecule is Brc1cccc(-c2ccccc2)c1.C1CCOC1.Clc1nc(Cl)nc(-c2cccc(-c3ccccc3)c2)n1.Clc1nc(Cl)nc(Cl)n1.[Br-].[I-].[Mg+2].[c-]1cccc(-c2ccccc2)c1. The molecule has 7 nitrogen and oxygen atoms in total. The summed E-state index contributed by atoms with van der Waals surface area (Å²) < 4.78 is 6.06. The van der Waals surface area contributed by atoms with Crippen molar-refractivity contribution in [1.29, 1.82) is 0 Å². The van der Waals surface area contributed by atoms with Gasteiger partial charge in [-0.15, -0.1) is 5.56 Å². The monoisotopic (exact) mass is 1170 g/mol. The average molecular weight is 1180 g/mol. The largest absolute Gasteiger partial charge is 2.00 e. The van der Waals surface area contributed by atoms with E-state index in [1.807, 2.05) is 109 Å². The molecule has 62 heavy (non-hydrogen) atoms. The van der Waals surface area contributed by atoms with Gasteiger partial charge in [0.2, 0.25) is 26.4 Å². The van der Waals surface area contributed by atoms with Gasteiger partial charge in [-0.3, -0.25) is 0 Å². The van der Waals surface area contributed by atoms with Gasteiger partial charge >= 0.3 is 23.1 Å². The van der Waals surface area contributed by atoms with E-state index in [1.54, 1.807) is 0 Å². The Morgan fingerprint density at radius 3 is 1.21 bits per heavy atom. The first kappa shape index (κ1) is 55.3. The molecule has 2 aromatic heterocycles. The Hall–Kier alpha value is -2.79. The first-order valence-electron chi connectivity index (χ1n) is 18.1. The van der Waals surface area contributed by atoms with Gasteiger partial charge in [0.1, 0.15) is 0 Å². The van der Waals surface area contributed by atoms with Crippen LogP contribution in [0.4, 0.5) is 0 Å². The molecule has 0 spiro atoms. The summed E-state index contributed by atoms with van der Waals surface area (Å²) >= 11 is 31.0. The molecule has 3 heterocycles. The van der Waals surface area contributed by atoms with Crippen LogP contribution in [0.25, 0.3) is 44.8 Å². The fraction of sp³-hybridized carbons (Fsp3) is 0.0870. The van der Waals surface area contributed by atoms with Gasteiger partial charge in [-0.2, -0.15) is 60.2 Å². The molecular formula is C46H35Br2Cl5IMgN6O-. The summed E-state index contributed by atoms with van der Waals surface area (Å²) in [5, 5.41) is 0.176. The van der Waals surface area contributed by atoms with E-state index in [1.165, 1.54) is 35.1 Å². The number of halogens is 8. The van der Waals surface area contributed by atoms with Gasteiger partial charge in [-0.25, -0.2) is 0 Å². The van der Waals surface area contributed by atoms with Crippen molar-refractivity contribution in [1.82, 2.24) is 29.9 Å². The normalized spacial score (nSPS) is 10.7. The predicted octanol–water partition coefficient (Wildman–Crippen LogP) is 8.04. The molecule has 0 saturated carbocycles. The molecule has 0 radical (unpaired) electrons. The molecule has 1 fully saturated rings. The quantitative estimate of drug-likeness (QED) is 0.100. The summed E-state index contributed by atoms with van der Waals surface area (Å²) in [6.45, 7) is 2.00. The number of rotatable bonds is 4. The second-order valence-corrected chi connectivity index (χ2v) is 14.7. The Bertz CT molecular complexity index is 2360. The fourth-order valence-corrected chi connectivity index (χ4v) is 6.61. The van der Waals surface area contributed by atoms with E-state index >= 15 is 0 Å². The van der Waals surface area contributed by atoms with E-state index in [9.17, 15) is 0 Å². The Morgan fingerprint density at radius 1 is 0.435 bits per heavy atom. The molecule has 1 saturated heterocycles. The summed E-state index contributed by atoms with van der Waals surface area (Å²) in [6.07, 6.45) is 2.56. The molecule has 0 unspecified atom stereocenters. The van der Waals surface area contributed by atoms with Crippen molar-refractivity contribution >= 4 is 97.0 Å². The van der Waals surface area contributed by atoms with Crippen molar-refractivity contribution in [3.05, 3.63) is 201 Å². The van der Waals surface area contributed by atoms with Crippen LogP contribution in [0.5, 0.6) is 0 Å². The predicted molar refractivity (Wildman–Crippen MR) is 252 cm³/mol. The van der Waals surface area contributed by atoms with Crippen LogP contribution < -0.4 is 41.0 Å². The third kappa shape index (κ3) is 20.4. The molecule has 1 aliphatic heterocycles. The number of nitrogens with zero attached hydrogens (tertiary/aromatic N) is 6. The minimum Gasteiger partial charge on any atom is -1.00 e. The van der Waals surface area contributed by atoms with Crippen LogP contribution in [-0.2, 0) is 4.74 Å². The van der Waals surface area contributed by atoms with Crippen molar-refractivity contribution in [2.45, 2.75) is 12.8 Å². The van der Waals surface area contributed by atoms with Crippen molar-refractivity contribution in [3.63, 3.8) is 0 Å². The van der Waals surface area contributed by atoms with E-state index in [-0.39, 0.29) is 90.4 Å². The number of hydrogen-bond acceptors (Lipinski definition) is 7. The zero-order valence-electron chi connectivity index (χ0n) is 32.7. The number of hydrogen-bond donors (Lipinski definition) is 0. The molecule has 314 valence electrons. The van der Waals surface area contributed by atoms with E-state index < -0.39 is 0 Å². The van der Waals surface area contributed by atoms with Crippen molar-refractivity contribution in [2.24, 2.45) is 0 Å². The number of ether oxygens (including phenoxy) is 1. The van der Waals surface area contributed by atoms with E-state index in [2.05, 4.69) is 106 Å². The Balaban J connectivity index is 0.000000279. The standard InChI is InChI=1S/C15H9Cl2N3.C12H9Br.C12H9.C4H8O.C3Cl3N3.BrH.HI.Mg/c16-14-18-13(19-15(17)20-14)12-8-4-7-11(9-12)10-5-2-1-3-6-10;13-12-8-4-7-11(9-12)10-5-2-1-3-6-10;1-3-7-11(8-4-1)12-9-5-2-6-10-12;1-2-4-5-3-1;4-1-7-2(5)9-3(6)8-1;;;/h1-9H;1-9H;1-5,7-10H;1-4H2;;2*1H;/q;;-1;;;;;+2/p-2. The van der Waals surface area contributed by atoms with Crippen molar-refractivity contribution in [2.75, 3.05) is 13.2 Å². The maximum absolute atomic E-state index is 5.81. The molecule has 0 atom stereocenters. The van der Waals surface area contributed by atoms with Gasteiger partial charge in [-0.05, 0) is 111 Å². The van der Waals surface area contributed by atoms with Gasteiger partial charge in [0.05, 0.1) is 0 Å². The summed E-state index contributed by atoms with van der Waals surface area (Å²) in [4.78, 5) is 22.3. The zero-order chi connectivity index (χ0) is 41.7. The average Bonchev–Trinajstić information content (AvgIpc) is 3.86. The molecule has 0 bridgehead atoms. The minimum absolute atomic E-state index is 0. The van der Waals surface area contributed by atoms with Gasteiger partial charge in [0, 0.05) is 23.2 Å². The van der Waals surface area contributed by atoms with Gasteiger partial charge in [-0.1, -0.05) is 143 Å². The van der Waals surface area contributed by atoms with Crippen LogP contribution in [0.1, 0.15) is 12.8 Å². The zero-order valence-corrected chi connectivity index (χ0v) is 43.3. The molecular weight excluding hydrogens is 1140 g/mol. The van der Waals surface area contributed by atoms with E-state index in [4.69, 9.17) is 62.7 Å². The summed E-state index contributed by atoms with van der Waals surface area (Å²) in [5.74, 6) is 0.466. The first-order valence-corrected chi connectivity index (χ1v) is 20.8. The smallest absolute Gasteiger partial charge is 1.00 e. The van der Waals surface area contributed by atoms with Crippen LogP contribution in [0.3, 0.4) is 0 Å². The number of aromatic nitrogens is 6. The second kappa shape index (κ2) is 31.1. The van der Waals surface area contributed by atoms with Gasteiger partial charge < -0.3 is 45.7 Å². The maximum atomic E-state index is 5.81. The molecule has 8 aromatic rings. The summed E-state index contributed by atoms with van der Waals surface area (Å²) in [5.41, 5.74) is 8.01.